The predicted octanol–water partition coefficient (Wildman–Crippen LogP) is 4.15. The van der Waals surface area contributed by atoms with Gasteiger partial charge in [-0.25, -0.2) is 4.68 Å². The zero-order valence-corrected chi connectivity index (χ0v) is 15.7. The standard InChI is InChI=1S/C18H19ClN4OS/c1-21(11-14-7-9-15(19)10-8-14)13-23-18(25)22(12-20-23)16-5-3-4-6-17(16)24-2/h3-10,12H,11,13H2,1-2H3. The van der Waals surface area contributed by atoms with Crippen LogP contribution in [0.15, 0.2) is 54.9 Å². The van der Waals surface area contributed by atoms with Gasteiger partial charge in [0.25, 0.3) is 0 Å². The maximum Gasteiger partial charge on any atom is 0.203 e. The lowest BCUT2D eigenvalue weighted by Gasteiger charge is -2.16. The zero-order valence-electron chi connectivity index (χ0n) is 14.1. The second-order valence-corrected chi connectivity index (χ2v) is 6.54. The molecular formula is C18H19ClN4OS. The van der Waals surface area contributed by atoms with Gasteiger partial charge in [0.05, 0.1) is 19.5 Å². The molecule has 0 saturated carbocycles. The fourth-order valence-corrected chi connectivity index (χ4v) is 2.98. The Bertz CT molecular complexity index is 904. The van der Waals surface area contributed by atoms with Gasteiger partial charge < -0.3 is 4.74 Å². The summed E-state index contributed by atoms with van der Waals surface area (Å²) < 4.78 is 9.67. The van der Waals surface area contributed by atoms with Gasteiger partial charge in [-0.05, 0) is 49.1 Å². The topological polar surface area (TPSA) is 35.2 Å². The van der Waals surface area contributed by atoms with E-state index in [0.29, 0.717) is 11.4 Å². The molecule has 0 aliphatic carbocycles. The van der Waals surface area contributed by atoms with Gasteiger partial charge >= 0.3 is 0 Å². The third-order valence-corrected chi connectivity index (χ3v) is 4.48. The van der Waals surface area contributed by atoms with Crippen LogP contribution in [0.1, 0.15) is 5.56 Å². The van der Waals surface area contributed by atoms with Gasteiger partial charge in [0.2, 0.25) is 4.77 Å². The van der Waals surface area contributed by atoms with Gasteiger partial charge in [0.1, 0.15) is 12.1 Å². The second kappa shape index (κ2) is 7.82. The van der Waals surface area contributed by atoms with Crippen molar-refractivity contribution in [3.05, 3.63) is 70.2 Å². The molecule has 2 aromatic carbocycles. The first kappa shape index (κ1) is 17.7. The number of benzene rings is 2. The Kier molecular flexibility index (Phi) is 5.53. The molecule has 0 radical (unpaired) electrons. The van der Waals surface area contributed by atoms with Crippen LogP contribution in [0.3, 0.4) is 0 Å². The van der Waals surface area contributed by atoms with E-state index in [1.165, 1.54) is 5.56 Å². The summed E-state index contributed by atoms with van der Waals surface area (Å²) in [7, 11) is 3.67. The third-order valence-electron chi connectivity index (χ3n) is 3.82. The largest absolute Gasteiger partial charge is 0.495 e. The molecule has 0 aliphatic rings. The van der Waals surface area contributed by atoms with Gasteiger partial charge in [0.15, 0.2) is 0 Å². The van der Waals surface area contributed by atoms with Crippen molar-refractivity contribution in [1.29, 1.82) is 0 Å². The zero-order chi connectivity index (χ0) is 17.8. The van der Waals surface area contributed by atoms with Crippen LogP contribution in [0.5, 0.6) is 5.75 Å². The number of para-hydroxylation sites is 2. The molecule has 0 atom stereocenters. The van der Waals surface area contributed by atoms with E-state index >= 15 is 0 Å². The van der Waals surface area contributed by atoms with Gasteiger partial charge in [-0.15, -0.1) is 0 Å². The molecule has 0 spiro atoms. The Labute approximate surface area is 157 Å². The number of nitrogens with zero attached hydrogens (tertiary/aromatic N) is 4. The maximum absolute atomic E-state index is 5.93. The van der Waals surface area contributed by atoms with Crippen molar-refractivity contribution >= 4 is 23.8 Å². The number of methoxy groups -OCH3 is 1. The molecule has 0 unspecified atom stereocenters. The van der Waals surface area contributed by atoms with Crippen molar-refractivity contribution in [3.63, 3.8) is 0 Å². The molecular weight excluding hydrogens is 356 g/mol. The molecule has 0 N–H and O–H groups in total. The van der Waals surface area contributed by atoms with Gasteiger partial charge in [-0.3, -0.25) is 9.47 Å². The summed E-state index contributed by atoms with van der Waals surface area (Å²) in [4.78, 5) is 2.14. The monoisotopic (exact) mass is 374 g/mol. The van der Waals surface area contributed by atoms with E-state index in [4.69, 9.17) is 28.6 Å². The van der Waals surface area contributed by atoms with E-state index < -0.39 is 0 Å². The molecule has 0 saturated heterocycles. The first-order chi connectivity index (χ1) is 12.1. The quantitative estimate of drug-likeness (QED) is 0.607. The van der Waals surface area contributed by atoms with Crippen LogP contribution in [-0.2, 0) is 13.2 Å². The number of aromatic nitrogens is 3. The molecule has 0 fully saturated rings. The van der Waals surface area contributed by atoms with Crippen LogP contribution in [0.2, 0.25) is 5.02 Å². The summed E-state index contributed by atoms with van der Waals surface area (Å²) in [6, 6.07) is 15.6. The Morgan fingerprint density at radius 3 is 2.60 bits per heavy atom. The average molecular weight is 375 g/mol. The SMILES string of the molecule is COc1ccccc1-n1cnn(CN(C)Cc2ccc(Cl)cc2)c1=S. The Hall–Kier alpha value is -2.15. The highest BCUT2D eigenvalue weighted by Crippen LogP contribution is 2.22. The van der Waals surface area contributed by atoms with Crippen LogP contribution in [0.25, 0.3) is 5.69 Å². The van der Waals surface area contributed by atoms with E-state index in [1.54, 1.807) is 18.1 Å². The molecule has 3 rings (SSSR count). The van der Waals surface area contributed by atoms with Crippen molar-refractivity contribution in [2.75, 3.05) is 14.2 Å². The van der Waals surface area contributed by atoms with Crippen molar-refractivity contribution < 1.29 is 4.74 Å². The molecule has 3 aromatic rings. The molecule has 5 nitrogen and oxygen atoms in total. The summed E-state index contributed by atoms with van der Waals surface area (Å²) in [5, 5.41) is 5.16. The summed E-state index contributed by atoms with van der Waals surface area (Å²) >= 11 is 11.5. The summed E-state index contributed by atoms with van der Waals surface area (Å²) in [6.07, 6.45) is 1.72. The smallest absolute Gasteiger partial charge is 0.203 e. The van der Waals surface area contributed by atoms with Gasteiger partial charge in [0, 0.05) is 11.6 Å². The Morgan fingerprint density at radius 2 is 1.88 bits per heavy atom. The molecule has 0 amide bonds. The lowest BCUT2D eigenvalue weighted by molar-refractivity contribution is 0.244. The van der Waals surface area contributed by atoms with Crippen LogP contribution in [0, 0.1) is 4.77 Å². The number of hydrogen-bond donors (Lipinski definition) is 0. The number of hydrogen-bond acceptors (Lipinski definition) is 4. The second-order valence-electron chi connectivity index (χ2n) is 5.74. The molecule has 7 heteroatoms. The van der Waals surface area contributed by atoms with E-state index in [2.05, 4.69) is 10.00 Å². The van der Waals surface area contributed by atoms with E-state index in [0.717, 1.165) is 23.0 Å². The molecule has 1 aromatic heterocycles. The third kappa shape index (κ3) is 4.10. The molecule has 130 valence electrons. The Balaban J connectivity index is 1.77. The van der Waals surface area contributed by atoms with Crippen LogP contribution < -0.4 is 4.74 Å². The summed E-state index contributed by atoms with van der Waals surface area (Å²) in [5.74, 6) is 0.757. The predicted molar refractivity (Wildman–Crippen MR) is 102 cm³/mol. The highest BCUT2D eigenvalue weighted by Gasteiger charge is 2.10. The normalized spacial score (nSPS) is 11.0. The average Bonchev–Trinajstić information content (AvgIpc) is 2.97. The van der Waals surface area contributed by atoms with E-state index in [-0.39, 0.29) is 0 Å². The Morgan fingerprint density at radius 1 is 1.16 bits per heavy atom. The fourth-order valence-electron chi connectivity index (χ4n) is 2.61. The minimum absolute atomic E-state index is 0.587. The van der Waals surface area contributed by atoms with E-state index in [9.17, 15) is 0 Å². The molecule has 0 bridgehead atoms. The lowest BCUT2D eigenvalue weighted by atomic mass is 10.2. The maximum atomic E-state index is 5.93. The van der Waals surface area contributed by atoms with Gasteiger partial charge in [-0.1, -0.05) is 35.9 Å². The minimum Gasteiger partial charge on any atom is -0.495 e. The van der Waals surface area contributed by atoms with Crippen molar-refractivity contribution in [2.24, 2.45) is 0 Å². The van der Waals surface area contributed by atoms with Crippen LogP contribution >= 0.6 is 23.8 Å². The number of ether oxygens (including phenoxy) is 1. The molecule has 25 heavy (non-hydrogen) atoms. The first-order valence-electron chi connectivity index (χ1n) is 7.79. The van der Waals surface area contributed by atoms with Crippen LogP contribution in [-0.4, -0.2) is 33.4 Å². The first-order valence-corrected chi connectivity index (χ1v) is 8.58. The number of rotatable bonds is 6. The lowest BCUT2D eigenvalue weighted by Crippen LogP contribution is -2.22. The highest BCUT2D eigenvalue weighted by atomic mass is 35.5. The fraction of sp³-hybridized carbons (Fsp3) is 0.222. The molecule has 0 aliphatic heterocycles. The van der Waals surface area contributed by atoms with Crippen molar-refractivity contribution in [1.82, 2.24) is 19.2 Å². The van der Waals surface area contributed by atoms with E-state index in [1.807, 2.05) is 60.1 Å². The van der Waals surface area contributed by atoms with Crippen LogP contribution in [0.4, 0.5) is 0 Å². The summed E-state index contributed by atoms with van der Waals surface area (Å²) in [5.41, 5.74) is 2.06. The minimum atomic E-state index is 0.587. The highest BCUT2D eigenvalue weighted by molar-refractivity contribution is 7.71. The summed E-state index contributed by atoms with van der Waals surface area (Å²) in [6.45, 7) is 1.37. The van der Waals surface area contributed by atoms with Crippen molar-refractivity contribution in [2.45, 2.75) is 13.2 Å². The molecule has 1 heterocycles. The number of halogens is 1. The van der Waals surface area contributed by atoms with Crippen molar-refractivity contribution in [3.8, 4) is 11.4 Å². The van der Waals surface area contributed by atoms with Gasteiger partial charge in [-0.2, -0.15) is 5.10 Å².